The fourth-order valence-electron chi connectivity index (χ4n) is 8.32. The van der Waals surface area contributed by atoms with Crippen molar-refractivity contribution in [2.45, 2.75) is 189 Å². The maximum Gasteiger partial charge on any atom is 0.495 e. The zero-order valence-corrected chi connectivity index (χ0v) is 61.6. The van der Waals surface area contributed by atoms with Gasteiger partial charge >= 0.3 is 45.0 Å². The van der Waals surface area contributed by atoms with Crippen LogP contribution in [0.25, 0.3) is 0 Å². The first kappa shape index (κ1) is 80.2. The molecule has 3 heterocycles. The highest BCUT2D eigenvalue weighted by Crippen LogP contribution is 2.43. The molecule has 0 atom stereocenters. The van der Waals surface area contributed by atoms with Crippen molar-refractivity contribution >= 4 is 110 Å². The number of halogens is 3. The average molecular weight is 1560 g/mol. The van der Waals surface area contributed by atoms with E-state index in [1.165, 1.54) is 0 Å². The van der Waals surface area contributed by atoms with Crippen LogP contribution in [-0.2, 0) is 87.0 Å². The summed E-state index contributed by atoms with van der Waals surface area (Å²) in [6, 6.07) is 26.8. The van der Waals surface area contributed by atoms with Crippen LogP contribution in [0.4, 0.5) is 0 Å². The summed E-state index contributed by atoms with van der Waals surface area (Å²) in [5, 5.41) is 8.47. The molecule has 0 spiro atoms. The molecule has 0 saturated carbocycles. The van der Waals surface area contributed by atoms with Gasteiger partial charge < -0.3 is 66.2 Å². The summed E-state index contributed by atoms with van der Waals surface area (Å²) in [7, 11) is 5.07. The molecule has 488 valence electrons. The Morgan fingerprint density at radius 1 is 0.432 bits per heavy atom. The van der Waals surface area contributed by atoms with Crippen molar-refractivity contribution in [3.63, 3.8) is 0 Å². The molecule has 3 aliphatic rings. The molecule has 88 heavy (non-hydrogen) atoms. The first-order valence-electron chi connectivity index (χ1n) is 29.4. The van der Waals surface area contributed by atoms with Crippen molar-refractivity contribution in [3.05, 3.63) is 111 Å². The van der Waals surface area contributed by atoms with Crippen molar-refractivity contribution in [2.24, 2.45) is 0 Å². The summed E-state index contributed by atoms with van der Waals surface area (Å²) < 4.78 is 72.6. The van der Waals surface area contributed by atoms with Crippen LogP contribution in [0.1, 0.15) is 152 Å². The number of rotatable bonds is 21. The van der Waals surface area contributed by atoms with E-state index in [2.05, 4.69) is 59.8 Å². The fourth-order valence-corrected chi connectivity index (χ4v) is 8.93. The van der Waals surface area contributed by atoms with Gasteiger partial charge in [0.25, 0.3) is 0 Å². The van der Waals surface area contributed by atoms with Crippen LogP contribution in [0.3, 0.4) is 0 Å². The lowest BCUT2D eigenvalue weighted by Crippen LogP contribution is -2.41. The molecule has 3 aliphatic heterocycles. The lowest BCUT2D eigenvalue weighted by molar-refractivity contribution is -0.144. The van der Waals surface area contributed by atoms with E-state index in [0.29, 0.717) is 64.8 Å². The number of ether oxygens (including phenoxy) is 7. The Bertz CT molecular complexity index is 2710. The van der Waals surface area contributed by atoms with E-state index in [1.54, 1.807) is 35.4 Å². The Kier molecular flexibility index (Phi) is 34.8. The maximum absolute atomic E-state index is 11.7. The summed E-state index contributed by atoms with van der Waals surface area (Å²) >= 11 is 6.49. The topological polar surface area (TPSA) is 208 Å². The fraction of sp³-hybridized carbons (Fsp3) is 0.562. The second kappa shape index (κ2) is 38.2. The van der Waals surface area contributed by atoms with Gasteiger partial charge in [-0.1, -0.05) is 30.3 Å². The summed E-state index contributed by atoms with van der Waals surface area (Å²) in [5.74, 6) is 1.86. The Morgan fingerprint density at radius 3 is 1.11 bits per heavy atom. The van der Waals surface area contributed by atoms with Crippen molar-refractivity contribution in [3.8, 4) is 23.0 Å². The average Bonchev–Trinajstić information content (AvgIpc) is 2.31. The lowest BCUT2D eigenvalue weighted by Gasteiger charge is -2.32. The number of carboxylic acid groups (broad SMARTS) is 1. The summed E-state index contributed by atoms with van der Waals surface area (Å²) in [5.41, 5.74) is 2.84. The van der Waals surface area contributed by atoms with Crippen LogP contribution < -0.4 is 24.4 Å². The third kappa shape index (κ3) is 26.0. The monoisotopic (exact) mass is 1560 g/mol. The summed E-state index contributed by atoms with van der Waals surface area (Å²) in [6.45, 7) is 31.0. The molecule has 24 heteroatoms. The molecule has 18 nitrogen and oxygen atoms in total. The highest BCUT2D eigenvalue weighted by molar-refractivity contribution is 15.0. The number of esters is 3. The molecule has 0 aromatic heterocycles. The Morgan fingerprint density at radius 2 is 0.750 bits per heavy atom. The van der Waals surface area contributed by atoms with Gasteiger partial charge in [0.05, 0.1) is 81.9 Å². The predicted molar refractivity (Wildman–Crippen MR) is 371 cm³/mol. The molecule has 4 aromatic carbocycles. The number of benzene rings is 4. The Hall–Kier alpha value is -3.90. The molecule has 4 aromatic rings. The first-order chi connectivity index (χ1) is 41.2. The molecule has 0 unspecified atom stereocenters. The highest BCUT2D eigenvalue weighted by atomic mass is 128. The largest absolute Gasteiger partial charge is 0.497 e. The first-order valence-corrected chi connectivity index (χ1v) is 36.7. The number of carboxylic acids is 1. The molecule has 0 bridgehead atoms. The van der Waals surface area contributed by atoms with E-state index in [9.17, 15) is 19.2 Å². The van der Waals surface area contributed by atoms with Gasteiger partial charge in [0.1, 0.15) is 23.0 Å². The van der Waals surface area contributed by atoms with Gasteiger partial charge in [0.15, 0.2) is 0 Å². The normalized spacial score (nSPS) is 16.5. The van der Waals surface area contributed by atoms with Crippen molar-refractivity contribution in [1.29, 1.82) is 0 Å². The van der Waals surface area contributed by atoms with E-state index in [0.717, 1.165) is 54.3 Å². The number of carbonyl (C=O) groups excluding carboxylic acids is 3. The van der Waals surface area contributed by atoms with Gasteiger partial charge in [-0.15, -0.1) is 0 Å². The van der Waals surface area contributed by atoms with Crippen molar-refractivity contribution in [1.82, 2.24) is 0 Å². The van der Waals surface area contributed by atoms with Crippen LogP contribution >= 0.6 is 59.8 Å². The van der Waals surface area contributed by atoms with Crippen LogP contribution in [0, 0.1) is 3.57 Å². The van der Waals surface area contributed by atoms with Crippen molar-refractivity contribution in [2.75, 3.05) is 48.3 Å². The third-order valence-electron chi connectivity index (χ3n) is 15.5. The minimum absolute atomic E-state index is 0.152. The number of methoxy groups -OCH3 is 4. The third-order valence-corrected chi connectivity index (χ3v) is 16.6. The zero-order valence-electron chi connectivity index (χ0n) is 55.1. The van der Waals surface area contributed by atoms with Gasteiger partial charge in [0.2, 0.25) is 0 Å². The van der Waals surface area contributed by atoms with Gasteiger partial charge in [0, 0.05) is 66.5 Å². The molecular formula is C64H94B3I3O18. The molecule has 0 radical (unpaired) electrons. The highest BCUT2D eigenvalue weighted by Gasteiger charge is 2.64. The van der Waals surface area contributed by atoms with Gasteiger partial charge in [-0.05, 0) is 234 Å². The predicted octanol–water partition coefficient (Wildman–Crippen LogP) is 13.2. The Labute approximate surface area is 562 Å². The molecule has 3 fully saturated rings. The van der Waals surface area contributed by atoms with Crippen LogP contribution in [0.2, 0.25) is 0 Å². The second-order valence-electron chi connectivity index (χ2n) is 23.4. The number of aliphatic carboxylic acids is 1. The number of hydrogen-bond acceptors (Lipinski definition) is 17. The van der Waals surface area contributed by atoms with E-state index in [4.69, 9.17) is 66.2 Å². The lowest BCUT2D eigenvalue weighted by atomic mass is 9.49. The van der Waals surface area contributed by atoms with E-state index < -0.39 is 38.3 Å². The second-order valence-corrected chi connectivity index (χ2v) is 24.5. The number of aryl methyl sites for hydroxylation is 4. The smallest absolute Gasteiger partial charge is 0.495 e. The van der Waals surface area contributed by atoms with Crippen LogP contribution in [0.5, 0.6) is 23.0 Å². The Balaban J connectivity index is 0.000000378. The summed E-state index contributed by atoms with van der Waals surface area (Å²) in [4.78, 5) is 44.3. The van der Waals surface area contributed by atoms with Gasteiger partial charge in [-0.2, -0.15) is 0 Å². The minimum Gasteiger partial charge on any atom is -0.497 e. The minimum atomic E-state index is -0.775. The van der Waals surface area contributed by atoms with E-state index in [1.807, 2.05) is 182 Å². The SMILES string of the molecule is CC1(C)OB(B2OC(C)(C)C(C)(C)O2)OC1(C)C.CCOC(=O)CCc1cc(OC)ccc1B1OC(C)(C)C(C)(C)O1.CCOC(=O)CCc1cc(OC)ccc1I.CCOC(=O)CCc1cccc(OC)c1.COc1cccc(CCC(=O)O)c1.II. The maximum atomic E-state index is 11.7. The van der Waals surface area contributed by atoms with Crippen LogP contribution in [0.15, 0.2) is 84.9 Å². The quantitative estimate of drug-likeness (QED) is 0.0356. The van der Waals surface area contributed by atoms with E-state index in [-0.39, 0.29) is 46.7 Å². The molecule has 1 N–H and O–H groups in total. The molecule has 0 amide bonds. The summed E-state index contributed by atoms with van der Waals surface area (Å²) in [6.07, 6.45) is 3.78. The van der Waals surface area contributed by atoms with E-state index >= 15 is 0 Å². The standard InChI is InChI=1S/C18H27BO5.C12H24B2O4.C12H15IO3.C12H16O3.C10H12O3.I2/c1-7-22-16(20)11-8-13-12-14(21-6)9-10-15(13)19-23-17(2,3)18(4,5)24-19;1-9(2)10(3,4)16-13(15-9)14-17-11(5,6)12(7,8)18-14;1-3-16-12(14)7-4-9-8-10(15-2)5-6-11(9)13;1-3-15-12(13)8-7-10-5-4-6-11(9-10)14-2;1-13-9-4-2-3-8(7-9)5-6-10(11)12;1-2/h9-10,12H,7-8,11H2,1-6H3;1-8H3;5-6,8H,3-4,7H2,1-2H3;4-6,9H,3,7-8H2,1-2H3;2-4,7H,5-6H2,1H3,(H,11,12);. The number of hydrogen-bond donors (Lipinski definition) is 1. The van der Waals surface area contributed by atoms with Crippen LogP contribution in [-0.4, -0.2) is 132 Å². The molecule has 3 saturated heterocycles. The molecule has 7 rings (SSSR count). The molecule has 0 aliphatic carbocycles. The van der Waals surface area contributed by atoms with Crippen molar-refractivity contribution < 1.29 is 85.4 Å². The number of carbonyl (C=O) groups is 4. The van der Waals surface area contributed by atoms with Gasteiger partial charge in [-0.25, -0.2) is 0 Å². The zero-order chi connectivity index (χ0) is 66.7. The molecular weight excluding hydrogens is 1470 g/mol. The van der Waals surface area contributed by atoms with Gasteiger partial charge in [-0.3, -0.25) is 19.2 Å².